The van der Waals surface area contributed by atoms with Crippen LogP contribution in [0.4, 0.5) is 10.7 Å². The molecule has 128 valence electrons. The van der Waals surface area contributed by atoms with Crippen LogP contribution >= 0.6 is 0 Å². The molecule has 3 rings (SSSR count). The Morgan fingerprint density at radius 3 is 2.92 bits per heavy atom. The van der Waals surface area contributed by atoms with Crippen molar-refractivity contribution in [1.82, 2.24) is 19.7 Å². The summed E-state index contributed by atoms with van der Waals surface area (Å²) < 4.78 is 6.96. The van der Waals surface area contributed by atoms with Crippen LogP contribution in [0.3, 0.4) is 0 Å². The van der Waals surface area contributed by atoms with E-state index in [1.807, 2.05) is 36.1 Å². The van der Waals surface area contributed by atoms with Crippen LogP contribution < -0.4 is 10.1 Å². The summed E-state index contributed by atoms with van der Waals surface area (Å²) in [5.74, 6) is 1.91. The van der Waals surface area contributed by atoms with Crippen molar-refractivity contribution in [3.8, 4) is 5.75 Å². The third-order valence-electron chi connectivity index (χ3n) is 4.44. The summed E-state index contributed by atoms with van der Waals surface area (Å²) in [6.07, 6.45) is 3.05. The number of hydrogen-bond acceptors (Lipinski definition) is 4. The van der Waals surface area contributed by atoms with Gasteiger partial charge in [-0.3, -0.25) is 10.00 Å². The van der Waals surface area contributed by atoms with Gasteiger partial charge in [-0.25, -0.2) is 4.79 Å². The average Bonchev–Trinajstić information content (AvgIpc) is 2.92. The first-order valence-electron chi connectivity index (χ1n) is 8.17. The van der Waals surface area contributed by atoms with Gasteiger partial charge in [0.05, 0.1) is 13.2 Å². The number of rotatable bonds is 3. The van der Waals surface area contributed by atoms with Gasteiger partial charge in [0.25, 0.3) is 0 Å². The molecule has 2 heterocycles. The minimum absolute atomic E-state index is 0.0404. The number of methoxy groups -OCH3 is 1. The van der Waals surface area contributed by atoms with Crippen LogP contribution in [-0.4, -0.2) is 39.4 Å². The molecule has 0 spiro atoms. The third kappa shape index (κ3) is 3.34. The highest BCUT2D eigenvalue weighted by molar-refractivity contribution is 5.87. The summed E-state index contributed by atoms with van der Waals surface area (Å²) in [5.41, 5.74) is 1.09. The molecule has 24 heavy (non-hydrogen) atoms. The first-order valence-corrected chi connectivity index (χ1v) is 8.17. The Hall–Kier alpha value is -2.57. The van der Waals surface area contributed by atoms with Gasteiger partial charge in [-0.1, -0.05) is 12.1 Å². The van der Waals surface area contributed by atoms with E-state index in [4.69, 9.17) is 4.74 Å². The van der Waals surface area contributed by atoms with Gasteiger partial charge in [-0.05, 0) is 43.9 Å². The molecule has 1 aromatic carbocycles. The van der Waals surface area contributed by atoms with Crippen molar-refractivity contribution in [3.05, 3.63) is 35.7 Å². The first kappa shape index (κ1) is 16.3. The molecule has 1 aliphatic heterocycles. The highest BCUT2D eigenvalue weighted by Gasteiger charge is 2.29. The zero-order valence-corrected chi connectivity index (χ0v) is 14.3. The van der Waals surface area contributed by atoms with Crippen molar-refractivity contribution >= 4 is 12.0 Å². The fraction of sp³-hybridized carbons (Fsp3) is 0.471. The summed E-state index contributed by atoms with van der Waals surface area (Å²) in [7, 11) is 3.46. The van der Waals surface area contributed by atoms with Gasteiger partial charge in [0.2, 0.25) is 5.95 Å². The van der Waals surface area contributed by atoms with Crippen molar-refractivity contribution in [2.24, 2.45) is 7.05 Å². The number of hydrogen-bond donors (Lipinski definition) is 1. The molecule has 1 atom stereocenters. The lowest BCUT2D eigenvalue weighted by Crippen LogP contribution is -2.41. The van der Waals surface area contributed by atoms with Crippen LogP contribution in [0.1, 0.15) is 36.7 Å². The molecule has 1 aromatic heterocycles. The molecule has 0 aliphatic carbocycles. The molecular weight excluding hydrogens is 306 g/mol. The maximum absolute atomic E-state index is 12.7. The third-order valence-corrected chi connectivity index (χ3v) is 4.44. The number of ether oxygens (including phenoxy) is 1. The number of anilines is 1. The molecule has 2 aromatic rings. The van der Waals surface area contributed by atoms with Crippen LogP contribution in [0.15, 0.2) is 24.3 Å². The molecule has 0 radical (unpaired) electrons. The maximum atomic E-state index is 12.7. The lowest BCUT2D eigenvalue weighted by molar-refractivity contribution is 0.163. The average molecular weight is 329 g/mol. The second-order valence-electron chi connectivity index (χ2n) is 6.02. The number of carbonyl (C=O) groups is 1. The highest BCUT2D eigenvalue weighted by atomic mass is 16.5. The Balaban J connectivity index is 1.79. The number of aryl methyl sites for hydroxylation is 2. The Morgan fingerprint density at radius 2 is 2.21 bits per heavy atom. The van der Waals surface area contributed by atoms with Crippen LogP contribution in [0.25, 0.3) is 0 Å². The summed E-state index contributed by atoms with van der Waals surface area (Å²) >= 11 is 0. The fourth-order valence-corrected chi connectivity index (χ4v) is 3.05. The second-order valence-corrected chi connectivity index (χ2v) is 6.02. The van der Waals surface area contributed by atoms with E-state index >= 15 is 0 Å². The van der Waals surface area contributed by atoms with Gasteiger partial charge < -0.3 is 9.64 Å². The summed E-state index contributed by atoms with van der Waals surface area (Å²) in [5, 5.41) is 7.01. The molecule has 1 N–H and O–H groups in total. The Labute approximate surface area is 141 Å². The number of aromatic nitrogens is 3. The van der Waals surface area contributed by atoms with E-state index in [0.717, 1.165) is 42.9 Å². The molecule has 1 saturated heterocycles. The zero-order valence-electron chi connectivity index (χ0n) is 14.3. The minimum atomic E-state index is -0.159. The quantitative estimate of drug-likeness (QED) is 0.940. The molecule has 2 amide bonds. The summed E-state index contributed by atoms with van der Waals surface area (Å²) in [6, 6.07) is 7.80. The number of nitrogens with zero attached hydrogens (tertiary/aromatic N) is 4. The number of benzene rings is 1. The van der Waals surface area contributed by atoms with Crippen LogP contribution in [0.5, 0.6) is 5.75 Å². The van der Waals surface area contributed by atoms with Gasteiger partial charge in [-0.2, -0.15) is 4.98 Å². The SMILES string of the molecule is COc1cccc([C@H]2CCCCN2C(=O)Nc2nc(C)n(C)n2)c1. The maximum Gasteiger partial charge on any atom is 0.324 e. The monoisotopic (exact) mass is 329 g/mol. The van der Waals surface area contributed by atoms with Crippen molar-refractivity contribution in [2.75, 3.05) is 19.0 Å². The zero-order chi connectivity index (χ0) is 17.1. The molecule has 0 unspecified atom stereocenters. The number of amides is 2. The summed E-state index contributed by atoms with van der Waals surface area (Å²) in [4.78, 5) is 18.8. The van der Waals surface area contributed by atoms with Crippen molar-refractivity contribution in [3.63, 3.8) is 0 Å². The van der Waals surface area contributed by atoms with E-state index < -0.39 is 0 Å². The van der Waals surface area contributed by atoms with Crippen molar-refractivity contribution < 1.29 is 9.53 Å². The van der Waals surface area contributed by atoms with E-state index in [1.165, 1.54) is 0 Å². The molecule has 7 heteroatoms. The second kappa shape index (κ2) is 6.90. The lowest BCUT2D eigenvalue weighted by atomic mass is 9.95. The topological polar surface area (TPSA) is 72.3 Å². The van der Waals surface area contributed by atoms with E-state index in [0.29, 0.717) is 5.95 Å². The number of nitrogens with one attached hydrogen (secondary N) is 1. The normalized spacial score (nSPS) is 17.6. The van der Waals surface area contributed by atoms with Crippen molar-refractivity contribution in [2.45, 2.75) is 32.2 Å². The lowest BCUT2D eigenvalue weighted by Gasteiger charge is -2.35. The van der Waals surface area contributed by atoms with E-state index in [9.17, 15) is 4.79 Å². The van der Waals surface area contributed by atoms with Gasteiger partial charge >= 0.3 is 6.03 Å². The van der Waals surface area contributed by atoms with Gasteiger partial charge in [0.15, 0.2) is 0 Å². The summed E-state index contributed by atoms with van der Waals surface area (Å²) in [6.45, 7) is 2.57. The number of urea groups is 1. The smallest absolute Gasteiger partial charge is 0.324 e. The highest BCUT2D eigenvalue weighted by Crippen LogP contribution is 2.32. The molecular formula is C17H23N5O2. The van der Waals surface area contributed by atoms with Crippen LogP contribution in [-0.2, 0) is 7.05 Å². The molecule has 1 aliphatic rings. The van der Waals surface area contributed by atoms with Gasteiger partial charge in [-0.15, -0.1) is 5.10 Å². The van der Waals surface area contributed by atoms with E-state index in [1.54, 1.807) is 18.8 Å². The number of carbonyl (C=O) groups excluding carboxylic acids is 1. The Kier molecular flexibility index (Phi) is 4.69. The van der Waals surface area contributed by atoms with Gasteiger partial charge in [0, 0.05) is 13.6 Å². The fourth-order valence-electron chi connectivity index (χ4n) is 3.05. The predicted octanol–water partition coefficient (Wildman–Crippen LogP) is 2.89. The molecule has 0 saturated carbocycles. The molecule has 1 fully saturated rings. The minimum Gasteiger partial charge on any atom is -0.497 e. The van der Waals surface area contributed by atoms with E-state index in [-0.39, 0.29) is 12.1 Å². The number of piperidine rings is 1. The van der Waals surface area contributed by atoms with Crippen LogP contribution in [0, 0.1) is 6.92 Å². The predicted molar refractivity (Wildman–Crippen MR) is 91.1 cm³/mol. The first-order chi connectivity index (χ1) is 11.6. The van der Waals surface area contributed by atoms with E-state index in [2.05, 4.69) is 15.4 Å². The largest absolute Gasteiger partial charge is 0.497 e. The Bertz CT molecular complexity index is 708. The molecule has 0 bridgehead atoms. The Morgan fingerprint density at radius 1 is 1.38 bits per heavy atom. The van der Waals surface area contributed by atoms with Crippen LogP contribution in [0.2, 0.25) is 0 Å². The van der Waals surface area contributed by atoms with Gasteiger partial charge in [0.1, 0.15) is 11.6 Å². The number of likely N-dealkylation sites (tertiary alicyclic amines) is 1. The molecule has 7 nitrogen and oxygen atoms in total. The van der Waals surface area contributed by atoms with Crippen molar-refractivity contribution in [1.29, 1.82) is 0 Å². The standard InChI is InChI=1S/C17H23N5O2/c1-12-18-16(20-21(12)2)19-17(23)22-10-5-4-9-15(22)13-7-6-8-14(11-13)24-3/h6-8,11,15H,4-5,9-10H2,1-3H3,(H,19,20,23)/t15-/m1/s1.